The van der Waals surface area contributed by atoms with Crippen molar-refractivity contribution >= 4 is 29.1 Å². The molecule has 1 saturated heterocycles. The highest BCUT2D eigenvalue weighted by Gasteiger charge is 2.42. The summed E-state index contributed by atoms with van der Waals surface area (Å²) in [6.07, 6.45) is 0.426. The molecule has 1 aromatic rings. The Balaban J connectivity index is 2.51. The van der Waals surface area contributed by atoms with Crippen LogP contribution in [0.15, 0.2) is 18.2 Å². The number of carbonyl (C=O) groups excluding carboxylic acids is 2. The van der Waals surface area contributed by atoms with Crippen molar-refractivity contribution in [3.63, 3.8) is 0 Å². The lowest BCUT2D eigenvalue weighted by Crippen LogP contribution is -2.65. The van der Waals surface area contributed by atoms with E-state index in [9.17, 15) is 14.0 Å². The van der Waals surface area contributed by atoms with E-state index in [4.69, 9.17) is 11.6 Å². The molecule has 1 heterocycles. The van der Waals surface area contributed by atoms with Crippen LogP contribution in [0.25, 0.3) is 0 Å². The van der Waals surface area contributed by atoms with E-state index in [1.807, 2.05) is 13.8 Å². The Morgan fingerprint density at radius 2 is 2.05 bits per heavy atom. The molecule has 1 aliphatic heterocycles. The highest BCUT2D eigenvalue weighted by Crippen LogP contribution is 2.32. The summed E-state index contributed by atoms with van der Waals surface area (Å²) < 4.78 is 13.5. The Morgan fingerprint density at radius 3 is 2.62 bits per heavy atom. The maximum atomic E-state index is 13.5. The summed E-state index contributed by atoms with van der Waals surface area (Å²) in [7, 11) is 0. The number of nitrogens with zero attached hydrogens (tertiary/aromatic N) is 1. The second-order valence-corrected chi connectivity index (χ2v) is 5.87. The Labute approximate surface area is 128 Å². The van der Waals surface area contributed by atoms with Gasteiger partial charge in [-0.3, -0.25) is 14.5 Å². The number of anilines is 1. The number of carbonyl (C=O) groups is 2. The zero-order valence-electron chi connectivity index (χ0n) is 12.2. The van der Waals surface area contributed by atoms with Gasteiger partial charge in [-0.15, -0.1) is 0 Å². The highest BCUT2D eigenvalue weighted by atomic mass is 35.5. The van der Waals surface area contributed by atoms with Gasteiger partial charge in [-0.05, 0) is 30.5 Å². The van der Waals surface area contributed by atoms with E-state index in [0.29, 0.717) is 6.42 Å². The molecule has 6 heteroatoms. The van der Waals surface area contributed by atoms with Gasteiger partial charge in [0.05, 0.1) is 10.7 Å². The topological polar surface area (TPSA) is 49.4 Å². The molecule has 1 aromatic carbocycles. The van der Waals surface area contributed by atoms with Crippen molar-refractivity contribution in [2.75, 3.05) is 4.90 Å². The van der Waals surface area contributed by atoms with Gasteiger partial charge in [-0.1, -0.05) is 32.4 Å². The predicted molar refractivity (Wildman–Crippen MR) is 79.7 cm³/mol. The lowest BCUT2D eigenvalue weighted by atomic mass is 9.96. The van der Waals surface area contributed by atoms with Gasteiger partial charge in [0, 0.05) is 0 Å². The molecule has 1 fully saturated rings. The van der Waals surface area contributed by atoms with Crippen LogP contribution in [0.3, 0.4) is 0 Å². The monoisotopic (exact) mass is 312 g/mol. The van der Waals surface area contributed by atoms with Crippen LogP contribution in [0.1, 0.15) is 27.2 Å². The SMILES string of the molecule is CCC1C(=O)NC(C(C)C)C(=O)N1c1cc(F)ccc1Cl. The maximum Gasteiger partial charge on any atom is 0.250 e. The molecule has 1 aliphatic rings. The van der Waals surface area contributed by atoms with Gasteiger partial charge in [0.2, 0.25) is 5.91 Å². The van der Waals surface area contributed by atoms with Gasteiger partial charge in [0.15, 0.2) is 0 Å². The normalized spacial score (nSPS) is 22.7. The molecular weight excluding hydrogens is 295 g/mol. The van der Waals surface area contributed by atoms with Crippen molar-refractivity contribution in [3.05, 3.63) is 29.0 Å². The summed E-state index contributed by atoms with van der Waals surface area (Å²) in [6.45, 7) is 5.49. The average molecular weight is 313 g/mol. The smallest absolute Gasteiger partial charge is 0.250 e. The first-order valence-corrected chi connectivity index (χ1v) is 7.33. The molecule has 2 amide bonds. The van der Waals surface area contributed by atoms with Gasteiger partial charge in [0.25, 0.3) is 5.91 Å². The first-order chi connectivity index (χ1) is 9.86. The van der Waals surface area contributed by atoms with E-state index in [1.54, 1.807) is 6.92 Å². The number of piperazine rings is 1. The van der Waals surface area contributed by atoms with Gasteiger partial charge in [0.1, 0.15) is 17.9 Å². The summed E-state index contributed by atoms with van der Waals surface area (Å²) in [5.41, 5.74) is 0.244. The number of amides is 2. The summed E-state index contributed by atoms with van der Waals surface area (Å²) in [6, 6.07) is 2.51. The molecule has 0 aromatic heterocycles. The van der Waals surface area contributed by atoms with Crippen LogP contribution in [-0.4, -0.2) is 23.9 Å². The number of nitrogens with one attached hydrogen (secondary N) is 1. The minimum atomic E-state index is -0.674. The fraction of sp³-hybridized carbons (Fsp3) is 0.467. The van der Waals surface area contributed by atoms with Crippen molar-refractivity contribution in [2.24, 2.45) is 5.92 Å². The molecule has 2 rings (SSSR count). The van der Waals surface area contributed by atoms with Crippen molar-refractivity contribution in [3.8, 4) is 0 Å². The van der Waals surface area contributed by atoms with Crippen LogP contribution in [-0.2, 0) is 9.59 Å². The van der Waals surface area contributed by atoms with Crippen molar-refractivity contribution in [1.29, 1.82) is 0 Å². The van der Waals surface area contributed by atoms with E-state index >= 15 is 0 Å². The van der Waals surface area contributed by atoms with Crippen LogP contribution >= 0.6 is 11.6 Å². The van der Waals surface area contributed by atoms with Gasteiger partial charge >= 0.3 is 0 Å². The molecule has 0 spiro atoms. The second kappa shape index (κ2) is 6.02. The molecule has 2 atom stereocenters. The standard InChI is InChI=1S/C15H18ClFN2O2/c1-4-11-14(20)18-13(8(2)3)15(21)19(11)12-7-9(17)5-6-10(12)16/h5-8,11,13H,4H2,1-3H3,(H,18,20). The van der Waals surface area contributed by atoms with Crippen LogP contribution in [0.5, 0.6) is 0 Å². The maximum absolute atomic E-state index is 13.5. The van der Waals surface area contributed by atoms with Gasteiger partial charge in [-0.2, -0.15) is 0 Å². The molecule has 114 valence electrons. The molecule has 0 radical (unpaired) electrons. The van der Waals surface area contributed by atoms with E-state index in [1.165, 1.54) is 23.1 Å². The Morgan fingerprint density at radius 1 is 1.38 bits per heavy atom. The molecular formula is C15H18ClFN2O2. The zero-order valence-corrected chi connectivity index (χ0v) is 12.9. The minimum Gasteiger partial charge on any atom is -0.342 e. The number of rotatable bonds is 3. The number of hydrogen-bond acceptors (Lipinski definition) is 2. The quantitative estimate of drug-likeness (QED) is 0.933. The molecule has 0 aliphatic carbocycles. The second-order valence-electron chi connectivity index (χ2n) is 5.46. The summed E-state index contributed by atoms with van der Waals surface area (Å²) in [5, 5.41) is 2.98. The highest BCUT2D eigenvalue weighted by molar-refractivity contribution is 6.34. The summed E-state index contributed by atoms with van der Waals surface area (Å²) in [4.78, 5) is 26.2. The summed E-state index contributed by atoms with van der Waals surface area (Å²) >= 11 is 6.10. The average Bonchev–Trinajstić information content (AvgIpc) is 2.43. The lowest BCUT2D eigenvalue weighted by molar-refractivity contribution is -0.134. The van der Waals surface area contributed by atoms with E-state index < -0.39 is 17.9 Å². The minimum absolute atomic E-state index is 0.0610. The lowest BCUT2D eigenvalue weighted by Gasteiger charge is -2.40. The van der Waals surface area contributed by atoms with Gasteiger partial charge in [-0.25, -0.2) is 4.39 Å². The van der Waals surface area contributed by atoms with Crippen LogP contribution in [0, 0.1) is 11.7 Å². The van der Waals surface area contributed by atoms with E-state index in [-0.39, 0.29) is 28.4 Å². The van der Waals surface area contributed by atoms with Crippen molar-refractivity contribution < 1.29 is 14.0 Å². The fourth-order valence-corrected chi connectivity index (χ4v) is 2.72. The first kappa shape index (κ1) is 15.8. The molecule has 0 saturated carbocycles. The molecule has 0 bridgehead atoms. The van der Waals surface area contributed by atoms with Crippen LogP contribution < -0.4 is 10.2 Å². The van der Waals surface area contributed by atoms with E-state index in [2.05, 4.69) is 5.32 Å². The summed E-state index contributed by atoms with van der Waals surface area (Å²) in [5.74, 6) is -1.06. The molecule has 2 unspecified atom stereocenters. The predicted octanol–water partition coefficient (Wildman–Crippen LogP) is 2.75. The number of halogens is 2. The van der Waals surface area contributed by atoms with Crippen LogP contribution in [0.2, 0.25) is 5.02 Å². The fourth-order valence-electron chi connectivity index (χ4n) is 2.51. The largest absolute Gasteiger partial charge is 0.342 e. The number of hydrogen-bond donors (Lipinski definition) is 1. The van der Waals surface area contributed by atoms with Crippen molar-refractivity contribution in [2.45, 2.75) is 39.3 Å². The third kappa shape index (κ3) is 2.88. The van der Waals surface area contributed by atoms with E-state index in [0.717, 1.165) is 0 Å². The third-order valence-corrected chi connectivity index (χ3v) is 3.96. The molecule has 21 heavy (non-hydrogen) atoms. The number of benzene rings is 1. The van der Waals surface area contributed by atoms with Crippen LogP contribution in [0.4, 0.5) is 10.1 Å². The first-order valence-electron chi connectivity index (χ1n) is 6.95. The Hall–Kier alpha value is -1.62. The molecule has 1 N–H and O–H groups in total. The Kier molecular flexibility index (Phi) is 4.52. The van der Waals surface area contributed by atoms with Gasteiger partial charge < -0.3 is 5.32 Å². The molecule has 4 nitrogen and oxygen atoms in total. The third-order valence-electron chi connectivity index (χ3n) is 3.64. The zero-order chi connectivity index (χ0) is 15.7. The Bertz CT molecular complexity index is 577. The van der Waals surface area contributed by atoms with Crippen molar-refractivity contribution in [1.82, 2.24) is 5.32 Å².